The van der Waals surface area contributed by atoms with Gasteiger partial charge >= 0.3 is 5.97 Å². The van der Waals surface area contributed by atoms with E-state index < -0.39 is 5.97 Å². The number of rotatable bonds is 6. The van der Waals surface area contributed by atoms with Crippen LogP contribution in [0.4, 0.5) is 5.69 Å². The first-order valence-electron chi connectivity index (χ1n) is 8.75. The Hall–Kier alpha value is -3.12. The van der Waals surface area contributed by atoms with E-state index in [0.29, 0.717) is 22.0 Å². The lowest BCUT2D eigenvalue weighted by Gasteiger charge is -2.11. The summed E-state index contributed by atoms with van der Waals surface area (Å²) in [7, 11) is 1.31. The Kier molecular flexibility index (Phi) is 6.11. The number of aryl methyl sites for hydroxylation is 2. The Labute approximate surface area is 167 Å². The predicted octanol–water partition coefficient (Wildman–Crippen LogP) is 4.98. The molecule has 0 fully saturated rings. The van der Waals surface area contributed by atoms with Crippen LogP contribution in [0.5, 0.6) is 5.75 Å². The van der Waals surface area contributed by atoms with Crippen LogP contribution in [0.15, 0.2) is 54.6 Å². The molecule has 0 aliphatic heterocycles. The Balaban J connectivity index is 1.64. The standard InChI is InChI=1S/C22H21NO4S/c1-14-5-4-6-16(11-14)13-27-17-7-8-18(15(2)12-17)23-21(24)19-9-10-20(28-19)22(25)26-3/h4-12H,13H2,1-3H3,(H,23,24). The van der Waals surface area contributed by atoms with Gasteiger partial charge in [0.15, 0.2) is 0 Å². The Bertz CT molecular complexity index is 1010. The second-order valence-electron chi connectivity index (χ2n) is 6.36. The van der Waals surface area contributed by atoms with Gasteiger partial charge in [0.2, 0.25) is 0 Å². The van der Waals surface area contributed by atoms with Crippen molar-refractivity contribution in [3.05, 3.63) is 81.0 Å². The molecule has 0 unspecified atom stereocenters. The third kappa shape index (κ3) is 4.78. The summed E-state index contributed by atoms with van der Waals surface area (Å²) in [5.74, 6) is 0.0214. The van der Waals surface area contributed by atoms with Crippen LogP contribution >= 0.6 is 11.3 Å². The molecule has 0 atom stereocenters. The van der Waals surface area contributed by atoms with Gasteiger partial charge < -0.3 is 14.8 Å². The zero-order valence-corrected chi connectivity index (χ0v) is 16.8. The summed E-state index contributed by atoms with van der Waals surface area (Å²) < 4.78 is 10.5. The minimum atomic E-state index is -0.449. The summed E-state index contributed by atoms with van der Waals surface area (Å²) >= 11 is 1.10. The quantitative estimate of drug-likeness (QED) is 0.598. The molecule has 1 amide bonds. The van der Waals surface area contributed by atoms with Crippen molar-refractivity contribution in [3.63, 3.8) is 0 Å². The van der Waals surface area contributed by atoms with Gasteiger partial charge in [-0.1, -0.05) is 29.8 Å². The lowest BCUT2D eigenvalue weighted by molar-refractivity contribution is 0.0606. The molecular formula is C22H21NO4S. The van der Waals surface area contributed by atoms with Crippen molar-refractivity contribution in [2.75, 3.05) is 12.4 Å². The first kappa shape index (κ1) is 19.6. The van der Waals surface area contributed by atoms with E-state index in [2.05, 4.69) is 16.1 Å². The van der Waals surface area contributed by atoms with E-state index in [4.69, 9.17) is 4.74 Å². The van der Waals surface area contributed by atoms with E-state index in [1.54, 1.807) is 12.1 Å². The van der Waals surface area contributed by atoms with Crippen LogP contribution in [0.3, 0.4) is 0 Å². The average Bonchev–Trinajstić information content (AvgIpc) is 3.18. The normalized spacial score (nSPS) is 10.4. The number of hydrogen-bond donors (Lipinski definition) is 1. The fraction of sp³-hybridized carbons (Fsp3) is 0.182. The number of hydrogen-bond acceptors (Lipinski definition) is 5. The van der Waals surface area contributed by atoms with E-state index in [-0.39, 0.29) is 5.91 Å². The van der Waals surface area contributed by atoms with Gasteiger partial charge in [-0.25, -0.2) is 4.79 Å². The van der Waals surface area contributed by atoms with Crippen LogP contribution in [0.1, 0.15) is 36.0 Å². The van der Waals surface area contributed by atoms with Crippen molar-refractivity contribution in [3.8, 4) is 5.75 Å². The summed E-state index contributed by atoms with van der Waals surface area (Å²) in [6.07, 6.45) is 0. The largest absolute Gasteiger partial charge is 0.489 e. The number of amides is 1. The van der Waals surface area contributed by atoms with Crippen LogP contribution in [-0.2, 0) is 11.3 Å². The third-order valence-corrected chi connectivity index (χ3v) is 5.21. The highest BCUT2D eigenvalue weighted by Crippen LogP contribution is 2.24. The first-order chi connectivity index (χ1) is 13.5. The van der Waals surface area contributed by atoms with Gasteiger partial charge in [0.25, 0.3) is 5.91 Å². The Morgan fingerprint density at radius 2 is 1.79 bits per heavy atom. The molecule has 0 saturated carbocycles. The summed E-state index contributed by atoms with van der Waals surface area (Å²) in [4.78, 5) is 24.8. The van der Waals surface area contributed by atoms with Gasteiger partial charge in [0.1, 0.15) is 17.2 Å². The number of thiophene rings is 1. The summed E-state index contributed by atoms with van der Waals surface area (Å²) in [6.45, 7) is 4.44. The van der Waals surface area contributed by atoms with Crippen LogP contribution in [0, 0.1) is 13.8 Å². The van der Waals surface area contributed by atoms with E-state index in [1.807, 2.05) is 50.2 Å². The molecule has 0 aliphatic carbocycles. The molecule has 0 radical (unpaired) electrons. The van der Waals surface area contributed by atoms with Gasteiger partial charge in [-0.05, 0) is 55.3 Å². The molecule has 3 rings (SSSR count). The highest BCUT2D eigenvalue weighted by atomic mass is 32.1. The second-order valence-corrected chi connectivity index (χ2v) is 7.45. The molecule has 6 heteroatoms. The molecule has 1 heterocycles. The molecule has 0 spiro atoms. The molecule has 2 aromatic carbocycles. The number of anilines is 1. The van der Waals surface area contributed by atoms with Crippen molar-refractivity contribution >= 4 is 28.9 Å². The summed E-state index contributed by atoms with van der Waals surface area (Å²) in [5.41, 5.74) is 3.88. The summed E-state index contributed by atoms with van der Waals surface area (Å²) in [5, 5.41) is 2.87. The van der Waals surface area contributed by atoms with Gasteiger partial charge in [-0.3, -0.25) is 4.79 Å². The van der Waals surface area contributed by atoms with Crippen LogP contribution < -0.4 is 10.1 Å². The van der Waals surface area contributed by atoms with Gasteiger partial charge in [-0.2, -0.15) is 0 Å². The van der Waals surface area contributed by atoms with Crippen LogP contribution in [0.2, 0.25) is 0 Å². The maximum atomic E-state index is 12.4. The molecule has 5 nitrogen and oxygen atoms in total. The minimum Gasteiger partial charge on any atom is -0.489 e. The molecule has 144 valence electrons. The molecule has 1 N–H and O–H groups in total. The van der Waals surface area contributed by atoms with Crippen molar-refractivity contribution in [2.45, 2.75) is 20.5 Å². The lowest BCUT2D eigenvalue weighted by Crippen LogP contribution is -2.11. The lowest BCUT2D eigenvalue weighted by atomic mass is 10.1. The topological polar surface area (TPSA) is 64.6 Å². The first-order valence-corrected chi connectivity index (χ1v) is 9.56. The van der Waals surface area contributed by atoms with Gasteiger partial charge in [0.05, 0.1) is 12.0 Å². The highest BCUT2D eigenvalue weighted by molar-refractivity contribution is 7.16. The molecular weight excluding hydrogens is 374 g/mol. The number of ether oxygens (including phenoxy) is 2. The fourth-order valence-electron chi connectivity index (χ4n) is 2.69. The van der Waals surface area contributed by atoms with Crippen molar-refractivity contribution < 1.29 is 19.1 Å². The average molecular weight is 395 g/mol. The van der Waals surface area contributed by atoms with E-state index in [0.717, 1.165) is 28.2 Å². The third-order valence-electron chi connectivity index (χ3n) is 4.15. The second kappa shape index (κ2) is 8.71. The van der Waals surface area contributed by atoms with E-state index >= 15 is 0 Å². The Morgan fingerprint density at radius 3 is 2.50 bits per heavy atom. The molecule has 0 aliphatic rings. The monoisotopic (exact) mass is 395 g/mol. The summed E-state index contributed by atoms with van der Waals surface area (Å²) in [6, 6.07) is 16.9. The van der Waals surface area contributed by atoms with E-state index in [1.165, 1.54) is 12.7 Å². The number of carbonyl (C=O) groups excluding carboxylic acids is 2. The molecule has 28 heavy (non-hydrogen) atoms. The smallest absolute Gasteiger partial charge is 0.348 e. The maximum absolute atomic E-state index is 12.4. The number of benzene rings is 2. The van der Waals surface area contributed by atoms with Crippen LogP contribution in [-0.4, -0.2) is 19.0 Å². The highest BCUT2D eigenvalue weighted by Gasteiger charge is 2.15. The molecule has 1 aromatic heterocycles. The zero-order chi connectivity index (χ0) is 20.1. The Morgan fingerprint density at radius 1 is 1.00 bits per heavy atom. The molecule has 0 saturated heterocycles. The fourth-order valence-corrected chi connectivity index (χ4v) is 3.51. The molecule has 0 bridgehead atoms. The SMILES string of the molecule is COC(=O)c1ccc(C(=O)Nc2ccc(OCc3cccc(C)c3)cc2C)s1. The van der Waals surface area contributed by atoms with Gasteiger partial charge in [-0.15, -0.1) is 11.3 Å². The number of nitrogens with one attached hydrogen (secondary N) is 1. The van der Waals surface area contributed by atoms with Crippen molar-refractivity contribution in [1.29, 1.82) is 0 Å². The zero-order valence-electron chi connectivity index (χ0n) is 15.9. The number of carbonyl (C=O) groups is 2. The number of methoxy groups -OCH3 is 1. The maximum Gasteiger partial charge on any atom is 0.348 e. The predicted molar refractivity (Wildman–Crippen MR) is 110 cm³/mol. The van der Waals surface area contributed by atoms with Crippen LogP contribution in [0.25, 0.3) is 0 Å². The molecule has 3 aromatic rings. The van der Waals surface area contributed by atoms with Crippen molar-refractivity contribution in [1.82, 2.24) is 0 Å². The minimum absolute atomic E-state index is 0.267. The van der Waals surface area contributed by atoms with Crippen molar-refractivity contribution in [2.24, 2.45) is 0 Å². The number of esters is 1. The van der Waals surface area contributed by atoms with Gasteiger partial charge in [0, 0.05) is 5.69 Å². The van der Waals surface area contributed by atoms with E-state index in [9.17, 15) is 9.59 Å².